The number of alkyl halides is 3. The third-order valence-electron chi connectivity index (χ3n) is 9.15. The summed E-state index contributed by atoms with van der Waals surface area (Å²) in [7, 11) is -1.19. The van der Waals surface area contributed by atoms with Crippen LogP contribution in [0.2, 0.25) is 25.7 Å². The standard InChI is InChI=1S/C32H38F3N9O4Si/c1-49(2,3)13-12-47-20-42-11-8-24-27(37-19-38-28(24)42)21-15-39-44(16-21)31(9-10-36)17-43(18-31)22-4-6-23(7-5-22)48-26-14-25(29(45)46)40-30(41-26)32(33,34)35/h8,11,14-16,19,22-23H,4-7,9,12-13,17-18,20H2,1-3H3,(H,45,46)/t22-,23+. The van der Waals surface area contributed by atoms with Crippen molar-refractivity contribution >= 4 is 25.1 Å². The molecule has 6 rings (SSSR count). The first-order chi connectivity index (χ1) is 23.2. The van der Waals surface area contributed by atoms with Crippen LogP contribution in [0.15, 0.2) is 37.1 Å². The highest BCUT2D eigenvalue weighted by atomic mass is 28.3. The molecule has 0 bridgehead atoms. The van der Waals surface area contributed by atoms with Crippen LogP contribution in [0.1, 0.15) is 48.4 Å². The zero-order valence-electron chi connectivity index (χ0n) is 27.5. The lowest BCUT2D eigenvalue weighted by molar-refractivity contribution is -0.145. The number of aromatic carboxylic acids is 1. The molecule has 0 spiro atoms. The summed E-state index contributed by atoms with van der Waals surface area (Å²) in [5.74, 6) is -3.55. The van der Waals surface area contributed by atoms with Crippen LogP contribution in [0.4, 0.5) is 13.2 Å². The van der Waals surface area contributed by atoms with Crippen LogP contribution >= 0.6 is 0 Å². The summed E-state index contributed by atoms with van der Waals surface area (Å²) in [6.07, 6.45) is 4.69. The molecule has 1 aliphatic carbocycles. The first-order valence-corrected chi connectivity index (χ1v) is 19.9. The number of fused-ring (bicyclic) bond motifs is 1. The van der Waals surface area contributed by atoms with Gasteiger partial charge >= 0.3 is 12.1 Å². The molecule has 2 aliphatic rings. The Bertz CT molecular complexity index is 1850. The van der Waals surface area contributed by atoms with Crippen molar-refractivity contribution in [2.24, 2.45) is 0 Å². The van der Waals surface area contributed by atoms with Crippen molar-refractivity contribution in [3.63, 3.8) is 0 Å². The molecule has 4 aromatic rings. The zero-order valence-corrected chi connectivity index (χ0v) is 28.5. The minimum absolute atomic E-state index is 0.196. The first-order valence-electron chi connectivity index (χ1n) is 16.1. The second-order valence-corrected chi connectivity index (χ2v) is 19.6. The van der Waals surface area contributed by atoms with Crippen molar-refractivity contribution in [1.82, 2.24) is 39.2 Å². The molecule has 4 aromatic heterocycles. The van der Waals surface area contributed by atoms with E-state index >= 15 is 0 Å². The van der Waals surface area contributed by atoms with Gasteiger partial charge in [0.1, 0.15) is 30.3 Å². The fourth-order valence-electron chi connectivity index (χ4n) is 6.46. The summed E-state index contributed by atoms with van der Waals surface area (Å²) >= 11 is 0. The van der Waals surface area contributed by atoms with Gasteiger partial charge in [-0.05, 0) is 37.8 Å². The van der Waals surface area contributed by atoms with Crippen molar-refractivity contribution in [2.75, 3.05) is 19.7 Å². The maximum Gasteiger partial charge on any atom is 0.451 e. The highest BCUT2D eigenvalue weighted by Gasteiger charge is 2.48. The average Bonchev–Trinajstić information content (AvgIpc) is 3.68. The normalized spacial score (nSPS) is 19.8. The molecule has 0 atom stereocenters. The van der Waals surface area contributed by atoms with Gasteiger partial charge in [-0.15, -0.1) is 0 Å². The average molecular weight is 698 g/mol. The summed E-state index contributed by atoms with van der Waals surface area (Å²) in [6, 6.07) is 6.50. The summed E-state index contributed by atoms with van der Waals surface area (Å²) in [5, 5.41) is 24.5. The monoisotopic (exact) mass is 697 g/mol. The molecule has 49 heavy (non-hydrogen) atoms. The molecule has 1 aliphatic heterocycles. The zero-order chi connectivity index (χ0) is 35.0. The second-order valence-electron chi connectivity index (χ2n) is 14.0. The predicted molar refractivity (Wildman–Crippen MR) is 173 cm³/mol. The summed E-state index contributed by atoms with van der Waals surface area (Å²) < 4.78 is 55.2. The van der Waals surface area contributed by atoms with E-state index in [2.05, 4.69) is 55.6 Å². The summed E-state index contributed by atoms with van der Waals surface area (Å²) in [5.41, 5.74) is 1.06. The lowest BCUT2D eigenvalue weighted by Gasteiger charge is -2.53. The van der Waals surface area contributed by atoms with Crippen molar-refractivity contribution < 1.29 is 32.5 Å². The number of hydrogen-bond acceptors (Lipinski definition) is 10. The smallest absolute Gasteiger partial charge is 0.451 e. The van der Waals surface area contributed by atoms with Crippen LogP contribution in [-0.2, 0) is 23.2 Å². The molecule has 17 heteroatoms. The van der Waals surface area contributed by atoms with E-state index in [9.17, 15) is 28.3 Å². The van der Waals surface area contributed by atoms with Gasteiger partial charge in [-0.2, -0.15) is 28.5 Å². The third kappa shape index (κ3) is 7.60. The van der Waals surface area contributed by atoms with E-state index in [1.165, 1.54) is 6.33 Å². The van der Waals surface area contributed by atoms with E-state index < -0.39 is 49.3 Å². The van der Waals surface area contributed by atoms with E-state index in [1.807, 2.05) is 27.7 Å². The highest BCUT2D eigenvalue weighted by Crippen LogP contribution is 2.39. The predicted octanol–water partition coefficient (Wildman–Crippen LogP) is 5.43. The van der Waals surface area contributed by atoms with Crippen molar-refractivity contribution in [3.05, 3.63) is 48.6 Å². The molecule has 2 fully saturated rings. The lowest BCUT2D eigenvalue weighted by Crippen LogP contribution is -2.65. The molecule has 0 amide bonds. The Morgan fingerprint density at radius 3 is 2.59 bits per heavy atom. The number of likely N-dealkylation sites (tertiary alicyclic amines) is 1. The van der Waals surface area contributed by atoms with Gasteiger partial charge in [0.15, 0.2) is 5.69 Å². The quantitative estimate of drug-likeness (QED) is 0.149. The fraction of sp³-hybridized carbons (Fsp3) is 0.531. The Balaban J connectivity index is 1.08. The largest absolute Gasteiger partial charge is 0.477 e. The van der Waals surface area contributed by atoms with E-state index in [1.54, 1.807) is 6.20 Å². The number of nitriles is 1. The van der Waals surface area contributed by atoms with Crippen molar-refractivity contribution in [2.45, 2.75) is 88.4 Å². The molecule has 1 saturated carbocycles. The van der Waals surface area contributed by atoms with Crippen LogP contribution in [0.5, 0.6) is 5.88 Å². The van der Waals surface area contributed by atoms with Gasteiger partial charge in [0.05, 0.1) is 24.4 Å². The number of carbonyl (C=O) groups is 1. The minimum atomic E-state index is -4.90. The van der Waals surface area contributed by atoms with Gasteiger partial charge in [0.25, 0.3) is 0 Å². The molecule has 260 valence electrons. The van der Waals surface area contributed by atoms with E-state index in [0.717, 1.165) is 47.2 Å². The molecule has 0 aromatic carbocycles. The van der Waals surface area contributed by atoms with Crippen LogP contribution in [0, 0.1) is 11.3 Å². The molecule has 5 heterocycles. The maximum atomic E-state index is 13.2. The Hall–Kier alpha value is -4.40. The highest BCUT2D eigenvalue weighted by molar-refractivity contribution is 6.76. The topological polar surface area (TPSA) is 157 Å². The number of aromatic nitrogens is 7. The number of halogens is 3. The van der Waals surface area contributed by atoms with Crippen LogP contribution < -0.4 is 4.74 Å². The van der Waals surface area contributed by atoms with Gasteiger partial charge in [0, 0.05) is 63.2 Å². The number of hydrogen-bond donors (Lipinski definition) is 1. The van der Waals surface area contributed by atoms with Gasteiger partial charge < -0.3 is 19.1 Å². The Labute approximate surface area is 281 Å². The fourth-order valence-corrected chi connectivity index (χ4v) is 7.21. The molecule has 0 unspecified atom stereocenters. The van der Waals surface area contributed by atoms with Crippen LogP contribution in [0.25, 0.3) is 22.3 Å². The maximum absolute atomic E-state index is 13.2. The molecule has 0 radical (unpaired) electrons. The van der Waals surface area contributed by atoms with Crippen molar-refractivity contribution in [3.8, 4) is 23.2 Å². The third-order valence-corrected chi connectivity index (χ3v) is 10.9. The molecule has 1 N–H and O–H groups in total. The molecular formula is C32H38F3N9O4Si. The lowest BCUT2D eigenvalue weighted by atomic mass is 9.82. The van der Waals surface area contributed by atoms with E-state index in [0.29, 0.717) is 39.3 Å². The van der Waals surface area contributed by atoms with Crippen LogP contribution in [-0.4, -0.2) is 90.2 Å². The Morgan fingerprint density at radius 1 is 1.16 bits per heavy atom. The first kappa shape index (κ1) is 34.5. The minimum Gasteiger partial charge on any atom is -0.477 e. The second kappa shape index (κ2) is 13.5. The molecule has 1 saturated heterocycles. The number of nitrogens with zero attached hydrogens (tertiary/aromatic N) is 9. The molecule has 13 nitrogen and oxygen atoms in total. The number of carboxylic acids is 1. The SMILES string of the molecule is C[Si](C)(C)CCOCn1ccc2c(-c3cnn(C4(CC#N)CN([C@H]5CC[C@@H](Oc6cc(C(=O)O)nc(C(F)(F)F)n6)CC5)C4)c3)ncnc21. The summed E-state index contributed by atoms with van der Waals surface area (Å²) in [4.78, 5) is 29.2. The number of ether oxygens (including phenoxy) is 2. The van der Waals surface area contributed by atoms with Crippen molar-refractivity contribution in [1.29, 1.82) is 5.26 Å². The summed E-state index contributed by atoms with van der Waals surface area (Å²) in [6.45, 7) is 9.30. The van der Waals surface area contributed by atoms with E-state index in [4.69, 9.17) is 9.47 Å². The van der Waals surface area contributed by atoms with Crippen LogP contribution in [0.3, 0.4) is 0 Å². The van der Waals surface area contributed by atoms with Gasteiger partial charge in [-0.25, -0.2) is 19.7 Å². The van der Waals surface area contributed by atoms with E-state index in [-0.39, 0.29) is 12.5 Å². The van der Waals surface area contributed by atoms with Gasteiger partial charge in [-0.1, -0.05) is 19.6 Å². The molecular weight excluding hydrogens is 659 g/mol. The number of carboxylic acid groups (broad SMARTS) is 1. The van der Waals surface area contributed by atoms with Gasteiger partial charge in [0.2, 0.25) is 11.7 Å². The Kier molecular flexibility index (Phi) is 9.48. The van der Waals surface area contributed by atoms with Gasteiger partial charge in [-0.3, -0.25) is 9.58 Å². The number of rotatable bonds is 12. The Morgan fingerprint density at radius 2 is 1.92 bits per heavy atom.